The van der Waals surface area contributed by atoms with Crippen LogP contribution in [0.5, 0.6) is 5.75 Å². The highest BCUT2D eigenvalue weighted by atomic mass is 19.1. The third-order valence-electron chi connectivity index (χ3n) is 5.02. The Labute approximate surface area is 172 Å². The third-order valence-corrected chi connectivity index (χ3v) is 5.02. The van der Waals surface area contributed by atoms with Crippen LogP contribution in [0.2, 0.25) is 0 Å². The molecule has 0 aromatic heterocycles. The molecule has 1 aliphatic rings. The van der Waals surface area contributed by atoms with E-state index in [0.29, 0.717) is 5.69 Å². The Hall–Kier alpha value is -3.20. The van der Waals surface area contributed by atoms with Gasteiger partial charge in [-0.2, -0.15) is 0 Å². The summed E-state index contributed by atoms with van der Waals surface area (Å²) < 4.78 is 34.2. The van der Waals surface area contributed by atoms with Crippen molar-refractivity contribution >= 4 is 17.6 Å². The minimum Gasteiger partial charge on any atom is -0.497 e. The van der Waals surface area contributed by atoms with Gasteiger partial charge in [0.1, 0.15) is 23.4 Å². The van der Waals surface area contributed by atoms with Gasteiger partial charge >= 0.3 is 6.03 Å². The van der Waals surface area contributed by atoms with Crippen molar-refractivity contribution in [2.75, 3.05) is 32.1 Å². The summed E-state index contributed by atoms with van der Waals surface area (Å²) in [6.45, 7) is 1.54. The summed E-state index contributed by atoms with van der Waals surface area (Å²) in [7, 11) is 1.29. The zero-order valence-corrected chi connectivity index (χ0v) is 16.6. The standard InChI is InChI=1S/C21H23F2N3O4/c1-12-3-5-13(6-4-12)24-21(29)25-19-15(11-26(7-8-27)20(19)28)18-16(22)9-14(30-2)10-17(18)23/h3-6,9-10,15,19,27H,7-8,11H2,1-2H3,(H2,24,25,29). The lowest BCUT2D eigenvalue weighted by atomic mass is 9.93. The van der Waals surface area contributed by atoms with E-state index in [1.54, 1.807) is 12.1 Å². The van der Waals surface area contributed by atoms with Crippen LogP contribution >= 0.6 is 0 Å². The molecule has 0 aliphatic carbocycles. The first kappa shape index (κ1) is 21.5. The molecule has 0 radical (unpaired) electrons. The quantitative estimate of drug-likeness (QED) is 0.671. The smallest absolute Gasteiger partial charge is 0.319 e. The normalized spacial score (nSPS) is 18.4. The first-order chi connectivity index (χ1) is 14.3. The predicted molar refractivity (Wildman–Crippen MR) is 106 cm³/mol. The average molecular weight is 419 g/mol. The zero-order valence-electron chi connectivity index (χ0n) is 16.6. The van der Waals surface area contributed by atoms with Crippen molar-refractivity contribution in [2.24, 2.45) is 0 Å². The Balaban J connectivity index is 1.86. The molecule has 1 aliphatic heterocycles. The number of aliphatic hydroxyl groups is 1. The lowest BCUT2D eigenvalue weighted by Crippen LogP contribution is -2.45. The summed E-state index contributed by atoms with van der Waals surface area (Å²) in [5.74, 6) is -3.24. The topological polar surface area (TPSA) is 90.9 Å². The highest BCUT2D eigenvalue weighted by Crippen LogP contribution is 2.34. The van der Waals surface area contributed by atoms with Crippen LogP contribution in [-0.2, 0) is 4.79 Å². The van der Waals surface area contributed by atoms with Gasteiger partial charge in [0.25, 0.3) is 0 Å². The maximum Gasteiger partial charge on any atom is 0.319 e. The number of carbonyl (C=O) groups excluding carboxylic acids is 2. The number of hydrogen-bond donors (Lipinski definition) is 3. The van der Waals surface area contributed by atoms with Gasteiger partial charge in [0.05, 0.1) is 13.7 Å². The van der Waals surface area contributed by atoms with E-state index in [-0.39, 0.29) is 31.0 Å². The third kappa shape index (κ3) is 4.51. The number of methoxy groups -OCH3 is 1. The van der Waals surface area contributed by atoms with Gasteiger partial charge in [-0.25, -0.2) is 13.6 Å². The van der Waals surface area contributed by atoms with Crippen LogP contribution in [0.4, 0.5) is 19.3 Å². The Kier molecular flexibility index (Phi) is 6.51. The van der Waals surface area contributed by atoms with Gasteiger partial charge < -0.3 is 25.4 Å². The van der Waals surface area contributed by atoms with E-state index < -0.39 is 35.5 Å². The van der Waals surface area contributed by atoms with Crippen molar-refractivity contribution < 1.29 is 28.2 Å². The number of urea groups is 1. The van der Waals surface area contributed by atoms with Gasteiger partial charge in [0.15, 0.2) is 0 Å². The number of rotatable bonds is 6. The number of halogens is 2. The molecule has 2 aromatic carbocycles. The monoisotopic (exact) mass is 419 g/mol. The number of aliphatic hydroxyl groups excluding tert-OH is 1. The fraction of sp³-hybridized carbons (Fsp3) is 0.333. The maximum atomic E-state index is 14.7. The van der Waals surface area contributed by atoms with Crippen molar-refractivity contribution in [3.05, 3.63) is 59.2 Å². The number of aryl methyl sites for hydroxylation is 1. The average Bonchev–Trinajstić information content (AvgIpc) is 2.99. The molecule has 160 valence electrons. The molecule has 0 bridgehead atoms. The molecule has 0 spiro atoms. The van der Waals surface area contributed by atoms with E-state index in [1.165, 1.54) is 12.0 Å². The van der Waals surface area contributed by atoms with Gasteiger partial charge in [-0.05, 0) is 19.1 Å². The van der Waals surface area contributed by atoms with E-state index in [4.69, 9.17) is 4.74 Å². The lowest BCUT2D eigenvalue weighted by molar-refractivity contribution is -0.129. The molecule has 30 heavy (non-hydrogen) atoms. The van der Waals surface area contributed by atoms with Crippen molar-refractivity contribution in [3.63, 3.8) is 0 Å². The summed E-state index contributed by atoms with van der Waals surface area (Å²) in [4.78, 5) is 26.5. The molecule has 9 heteroatoms. The fourth-order valence-electron chi connectivity index (χ4n) is 3.52. The number of anilines is 1. The highest BCUT2D eigenvalue weighted by molar-refractivity contribution is 5.95. The van der Waals surface area contributed by atoms with Gasteiger partial charge in [-0.1, -0.05) is 17.7 Å². The Bertz CT molecular complexity index is 913. The number of nitrogens with one attached hydrogen (secondary N) is 2. The molecule has 1 saturated heterocycles. The number of ether oxygens (including phenoxy) is 1. The minimum absolute atomic E-state index is 0.00640. The maximum absolute atomic E-state index is 14.7. The van der Waals surface area contributed by atoms with E-state index in [2.05, 4.69) is 10.6 Å². The number of β-amino-alcohol motifs (C(OH)–C–C–N with tert-alkyl or cyclic N) is 1. The lowest BCUT2D eigenvalue weighted by Gasteiger charge is -2.20. The number of likely N-dealkylation sites (tertiary alicyclic amines) is 1. The van der Waals surface area contributed by atoms with Gasteiger partial charge in [-0.15, -0.1) is 0 Å². The first-order valence-corrected chi connectivity index (χ1v) is 9.40. The summed E-state index contributed by atoms with van der Waals surface area (Å²) >= 11 is 0. The van der Waals surface area contributed by atoms with Crippen LogP contribution in [0.15, 0.2) is 36.4 Å². The predicted octanol–water partition coefficient (Wildman–Crippen LogP) is 2.39. The number of benzene rings is 2. The molecular formula is C21H23F2N3O4. The molecular weight excluding hydrogens is 396 g/mol. The van der Waals surface area contributed by atoms with E-state index >= 15 is 0 Å². The number of nitrogens with zero attached hydrogens (tertiary/aromatic N) is 1. The zero-order chi connectivity index (χ0) is 21.8. The Morgan fingerprint density at radius 3 is 2.43 bits per heavy atom. The molecule has 1 fully saturated rings. The Morgan fingerprint density at radius 2 is 1.87 bits per heavy atom. The van der Waals surface area contributed by atoms with Crippen LogP contribution in [-0.4, -0.2) is 54.8 Å². The first-order valence-electron chi connectivity index (χ1n) is 9.40. The van der Waals surface area contributed by atoms with Crippen molar-refractivity contribution in [1.29, 1.82) is 0 Å². The van der Waals surface area contributed by atoms with E-state index in [0.717, 1.165) is 17.7 Å². The molecule has 0 saturated carbocycles. The van der Waals surface area contributed by atoms with Crippen LogP contribution in [0.3, 0.4) is 0 Å². The molecule has 7 nitrogen and oxygen atoms in total. The summed E-state index contributed by atoms with van der Waals surface area (Å²) in [6, 6.07) is 7.20. The SMILES string of the molecule is COc1cc(F)c(C2CN(CCO)C(=O)C2NC(=O)Nc2ccc(C)cc2)c(F)c1. The number of carbonyl (C=O) groups is 2. The Morgan fingerprint density at radius 1 is 1.23 bits per heavy atom. The molecule has 2 aromatic rings. The molecule has 3 N–H and O–H groups in total. The van der Waals surface area contributed by atoms with Crippen LogP contribution in [0, 0.1) is 18.6 Å². The van der Waals surface area contributed by atoms with Crippen LogP contribution in [0.25, 0.3) is 0 Å². The molecule has 3 amide bonds. The molecule has 1 heterocycles. The van der Waals surface area contributed by atoms with E-state index in [1.807, 2.05) is 19.1 Å². The number of hydrogen-bond acceptors (Lipinski definition) is 4. The molecule has 2 atom stereocenters. The second-order valence-corrected chi connectivity index (χ2v) is 7.06. The van der Waals surface area contributed by atoms with Crippen LogP contribution in [0.1, 0.15) is 17.0 Å². The van der Waals surface area contributed by atoms with Crippen molar-refractivity contribution in [1.82, 2.24) is 10.2 Å². The van der Waals surface area contributed by atoms with Crippen molar-refractivity contribution in [2.45, 2.75) is 18.9 Å². The van der Waals surface area contributed by atoms with Gasteiger partial charge in [-0.3, -0.25) is 4.79 Å². The summed E-state index contributed by atoms with van der Waals surface area (Å²) in [5, 5.41) is 14.3. The minimum atomic E-state index is -1.20. The van der Waals surface area contributed by atoms with Crippen LogP contribution < -0.4 is 15.4 Å². The summed E-state index contributed by atoms with van der Waals surface area (Å²) in [5.41, 5.74) is 1.21. The second-order valence-electron chi connectivity index (χ2n) is 7.06. The highest BCUT2D eigenvalue weighted by Gasteiger charge is 2.44. The molecule has 2 unspecified atom stereocenters. The number of amides is 3. The summed E-state index contributed by atoms with van der Waals surface area (Å²) in [6.07, 6.45) is 0. The van der Waals surface area contributed by atoms with E-state index in [9.17, 15) is 23.5 Å². The van der Waals surface area contributed by atoms with Gasteiger partial charge in [0.2, 0.25) is 5.91 Å². The van der Waals surface area contributed by atoms with Gasteiger partial charge in [0, 0.05) is 42.4 Å². The largest absolute Gasteiger partial charge is 0.497 e. The molecule has 3 rings (SSSR count). The fourth-order valence-corrected chi connectivity index (χ4v) is 3.52. The second kappa shape index (κ2) is 9.08. The van der Waals surface area contributed by atoms with Crippen molar-refractivity contribution in [3.8, 4) is 5.75 Å².